The molecule has 7 nitrogen and oxygen atoms in total. The van der Waals surface area contributed by atoms with Gasteiger partial charge in [0.25, 0.3) is 10.0 Å². The lowest BCUT2D eigenvalue weighted by Crippen LogP contribution is -2.13. The van der Waals surface area contributed by atoms with E-state index in [1.807, 2.05) is 6.92 Å². The highest BCUT2D eigenvalue weighted by atomic mass is 79.9. The maximum atomic E-state index is 12.1. The third-order valence-electron chi connectivity index (χ3n) is 2.40. The van der Waals surface area contributed by atoms with E-state index in [1.54, 1.807) is 7.05 Å². The summed E-state index contributed by atoms with van der Waals surface area (Å²) in [5.41, 5.74) is 0.313. The summed E-state index contributed by atoms with van der Waals surface area (Å²) in [5, 5.41) is 3.87. The summed E-state index contributed by atoms with van der Waals surface area (Å²) in [7, 11) is -2.06. The van der Waals surface area contributed by atoms with Gasteiger partial charge in [0.15, 0.2) is 0 Å². The smallest absolute Gasteiger partial charge is 0.266 e. The van der Waals surface area contributed by atoms with E-state index in [1.165, 1.54) is 23.3 Å². The van der Waals surface area contributed by atoms with Crippen molar-refractivity contribution in [3.63, 3.8) is 0 Å². The minimum atomic E-state index is -3.70. The Balaban J connectivity index is 2.28. The van der Waals surface area contributed by atoms with Crippen molar-refractivity contribution >= 4 is 31.6 Å². The summed E-state index contributed by atoms with van der Waals surface area (Å²) in [5.74, 6) is 0.658. The summed E-state index contributed by atoms with van der Waals surface area (Å²) in [6, 6.07) is 0. The van der Waals surface area contributed by atoms with Gasteiger partial charge in [-0.2, -0.15) is 5.10 Å². The lowest BCUT2D eigenvalue weighted by Gasteiger charge is -2.06. The van der Waals surface area contributed by atoms with E-state index in [2.05, 4.69) is 35.7 Å². The second kappa shape index (κ2) is 5.25. The highest BCUT2D eigenvalue weighted by Gasteiger charge is 2.21. The maximum Gasteiger partial charge on any atom is 0.266 e. The number of anilines is 1. The van der Waals surface area contributed by atoms with E-state index in [4.69, 9.17) is 0 Å². The first-order chi connectivity index (χ1) is 8.94. The van der Waals surface area contributed by atoms with Gasteiger partial charge in [-0.3, -0.25) is 9.40 Å². The zero-order chi connectivity index (χ0) is 14.0. The first-order valence-electron chi connectivity index (χ1n) is 5.45. The average molecular weight is 346 g/mol. The molecular weight excluding hydrogens is 334 g/mol. The summed E-state index contributed by atoms with van der Waals surface area (Å²) < 4.78 is 28.5. The van der Waals surface area contributed by atoms with Crippen LogP contribution in [0.25, 0.3) is 0 Å². The van der Waals surface area contributed by atoms with Crippen molar-refractivity contribution in [3.05, 3.63) is 29.0 Å². The van der Waals surface area contributed by atoms with Gasteiger partial charge in [0.05, 0.1) is 24.3 Å². The molecule has 0 aromatic carbocycles. The van der Waals surface area contributed by atoms with Gasteiger partial charge < -0.3 is 0 Å². The zero-order valence-electron chi connectivity index (χ0n) is 10.3. The molecule has 2 aromatic heterocycles. The third kappa shape index (κ3) is 2.92. The van der Waals surface area contributed by atoms with Crippen LogP contribution in [0.5, 0.6) is 0 Å². The predicted molar refractivity (Wildman–Crippen MR) is 73.1 cm³/mol. The fraction of sp³-hybridized carbons (Fsp3) is 0.300. The molecule has 0 unspecified atom stereocenters. The maximum absolute atomic E-state index is 12.1. The normalized spacial score (nSPS) is 11.5. The van der Waals surface area contributed by atoms with E-state index >= 15 is 0 Å². The van der Waals surface area contributed by atoms with Crippen molar-refractivity contribution < 1.29 is 8.42 Å². The van der Waals surface area contributed by atoms with Gasteiger partial charge >= 0.3 is 0 Å². The van der Waals surface area contributed by atoms with Crippen LogP contribution in [-0.2, 0) is 23.5 Å². The number of hydrogen-bond donors (Lipinski definition) is 1. The molecular formula is C10H12BrN5O2S. The lowest BCUT2D eigenvalue weighted by atomic mass is 10.4. The molecule has 0 amide bonds. The molecule has 0 aliphatic heterocycles. The first-order valence-corrected chi connectivity index (χ1v) is 7.73. The standard InChI is InChI=1S/C10H12BrN5O2S/c1-3-9-12-4-7(5-13-9)15-19(17,18)8-6-14-16(2)10(8)11/h4-6,15H,3H2,1-2H3. The molecule has 2 heterocycles. The van der Waals surface area contributed by atoms with Crippen molar-refractivity contribution in [2.75, 3.05) is 4.72 Å². The number of halogens is 1. The Labute approximate surface area is 119 Å². The van der Waals surface area contributed by atoms with Gasteiger partial charge in [0.2, 0.25) is 0 Å². The Morgan fingerprint density at radius 1 is 1.32 bits per heavy atom. The molecule has 0 radical (unpaired) electrons. The number of aromatic nitrogens is 4. The van der Waals surface area contributed by atoms with Crippen LogP contribution in [0.3, 0.4) is 0 Å². The van der Waals surface area contributed by atoms with Gasteiger partial charge in [-0.05, 0) is 15.9 Å². The molecule has 0 aliphatic carbocycles. The number of hydrogen-bond acceptors (Lipinski definition) is 5. The number of nitrogens with one attached hydrogen (secondary N) is 1. The Morgan fingerprint density at radius 2 is 1.95 bits per heavy atom. The highest BCUT2D eigenvalue weighted by Crippen LogP contribution is 2.22. The monoisotopic (exact) mass is 345 g/mol. The van der Waals surface area contributed by atoms with Crippen LogP contribution >= 0.6 is 15.9 Å². The number of rotatable bonds is 4. The lowest BCUT2D eigenvalue weighted by molar-refractivity contribution is 0.600. The minimum Gasteiger partial charge on any atom is -0.276 e. The molecule has 0 aliphatic rings. The molecule has 0 bridgehead atoms. The van der Waals surface area contributed by atoms with Crippen LogP contribution in [-0.4, -0.2) is 28.2 Å². The number of nitrogens with zero attached hydrogens (tertiary/aromatic N) is 4. The van der Waals surface area contributed by atoms with Crippen molar-refractivity contribution in [1.82, 2.24) is 19.7 Å². The first kappa shape index (κ1) is 13.9. The molecule has 2 aromatic rings. The second-order valence-electron chi connectivity index (χ2n) is 3.77. The van der Waals surface area contributed by atoms with Gasteiger partial charge in [0, 0.05) is 13.5 Å². The van der Waals surface area contributed by atoms with Gasteiger partial charge in [-0.15, -0.1) is 0 Å². The van der Waals surface area contributed by atoms with Crippen molar-refractivity contribution in [1.29, 1.82) is 0 Å². The zero-order valence-corrected chi connectivity index (χ0v) is 12.7. The quantitative estimate of drug-likeness (QED) is 0.902. The average Bonchev–Trinajstić information content (AvgIpc) is 2.71. The van der Waals surface area contributed by atoms with Crippen LogP contribution in [0.2, 0.25) is 0 Å². The van der Waals surface area contributed by atoms with Crippen molar-refractivity contribution in [2.45, 2.75) is 18.2 Å². The van der Waals surface area contributed by atoms with E-state index in [-0.39, 0.29) is 4.90 Å². The number of aryl methyl sites for hydroxylation is 2. The summed E-state index contributed by atoms with van der Waals surface area (Å²) >= 11 is 3.17. The highest BCUT2D eigenvalue weighted by molar-refractivity contribution is 9.10. The molecule has 102 valence electrons. The van der Waals surface area contributed by atoms with Gasteiger partial charge in [0.1, 0.15) is 15.3 Å². The van der Waals surface area contributed by atoms with E-state index in [9.17, 15) is 8.42 Å². The molecule has 0 fully saturated rings. The fourth-order valence-corrected chi connectivity index (χ4v) is 3.28. The van der Waals surface area contributed by atoms with Crippen molar-refractivity contribution in [2.24, 2.45) is 7.05 Å². The van der Waals surface area contributed by atoms with Gasteiger partial charge in [-0.25, -0.2) is 18.4 Å². The van der Waals surface area contributed by atoms with Crippen molar-refractivity contribution in [3.8, 4) is 0 Å². The van der Waals surface area contributed by atoms with Crippen LogP contribution in [0.4, 0.5) is 5.69 Å². The summed E-state index contributed by atoms with van der Waals surface area (Å²) in [6.45, 7) is 1.92. The molecule has 0 atom stereocenters. The topological polar surface area (TPSA) is 89.8 Å². The predicted octanol–water partition coefficient (Wildman–Crippen LogP) is 1.34. The Bertz CT molecular complexity index is 680. The molecule has 9 heteroatoms. The molecule has 2 rings (SSSR count). The SMILES string of the molecule is CCc1ncc(NS(=O)(=O)c2cnn(C)c2Br)cn1. The summed E-state index contributed by atoms with van der Waals surface area (Å²) in [4.78, 5) is 8.13. The third-order valence-corrected chi connectivity index (χ3v) is 4.98. The van der Waals surface area contributed by atoms with Gasteiger partial charge in [-0.1, -0.05) is 6.92 Å². The molecule has 19 heavy (non-hydrogen) atoms. The Morgan fingerprint density at radius 3 is 2.42 bits per heavy atom. The van der Waals surface area contributed by atoms with Crippen LogP contribution in [0.15, 0.2) is 28.1 Å². The second-order valence-corrected chi connectivity index (χ2v) is 6.17. The van der Waals surface area contributed by atoms with Crippen LogP contribution in [0, 0.1) is 0 Å². The Hall–Kier alpha value is -1.48. The molecule has 0 saturated heterocycles. The van der Waals surface area contributed by atoms with E-state index in [0.29, 0.717) is 22.5 Å². The molecule has 0 spiro atoms. The van der Waals surface area contributed by atoms with Crippen LogP contribution < -0.4 is 4.72 Å². The molecule has 0 saturated carbocycles. The number of sulfonamides is 1. The van der Waals surface area contributed by atoms with E-state index < -0.39 is 10.0 Å². The van der Waals surface area contributed by atoms with E-state index in [0.717, 1.165) is 0 Å². The molecule has 1 N–H and O–H groups in total. The Kier molecular flexibility index (Phi) is 3.85. The minimum absolute atomic E-state index is 0.0644. The van der Waals surface area contributed by atoms with Crippen LogP contribution in [0.1, 0.15) is 12.7 Å². The largest absolute Gasteiger partial charge is 0.276 e. The summed E-state index contributed by atoms with van der Waals surface area (Å²) in [6.07, 6.45) is 4.84. The fourth-order valence-electron chi connectivity index (χ4n) is 1.38.